The van der Waals surface area contributed by atoms with E-state index in [1.54, 1.807) is 18.2 Å². The number of hydrogen-bond donors (Lipinski definition) is 2. The molecule has 0 radical (unpaired) electrons. The summed E-state index contributed by atoms with van der Waals surface area (Å²) in [6.07, 6.45) is -0.614. The lowest BCUT2D eigenvalue weighted by atomic mass is 10.1. The van der Waals surface area contributed by atoms with E-state index in [1.165, 1.54) is 13.0 Å². The zero-order valence-corrected chi connectivity index (χ0v) is 15.2. The average molecular weight is 417 g/mol. The van der Waals surface area contributed by atoms with Crippen molar-refractivity contribution in [2.75, 3.05) is 6.54 Å². The van der Waals surface area contributed by atoms with Crippen LogP contribution < -0.4 is 10.6 Å². The number of alkyl halides is 4. The van der Waals surface area contributed by atoms with E-state index in [0.717, 1.165) is 4.57 Å². The number of carbonyl (C=O) groups excluding carboxylic acids is 1. The Morgan fingerprint density at radius 3 is 2.58 bits per heavy atom. The van der Waals surface area contributed by atoms with E-state index in [-0.39, 0.29) is 36.2 Å². The Morgan fingerprint density at radius 2 is 2.00 bits per heavy atom. The molecule has 0 spiro atoms. The molecule has 26 heavy (non-hydrogen) atoms. The molecule has 11 heteroatoms. The maximum atomic E-state index is 13.4. The van der Waals surface area contributed by atoms with Crippen LogP contribution in [0.1, 0.15) is 31.8 Å². The number of aromatic nitrogens is 2. The van der Waals surface area contributed by atoms with Crippen LogP contribution in [0, 0.1) is 0 Å². The number of rotatable bonds is 4. The number of hydrogen-bond acceptors (Lipinski definition) is 3. The number of nitrogens with one attached hydrogen (secondary N) is 2. The highest BCUT2D eigenvalue weighted by Gasteiger charge is 2.42. The van der Waals surface area contributed by atoms with Crippen molar-refractivity contribution in [2.24, 2.45) is 0 Å². The molecule has 5 nitrogen and oxygen atoms in total. The van der Waals surface area contributed by atoms with Crippen LogP contribution in [0.15, 0.2) is 24.3 Å². The molecule has 1 saturated heterocycles. The standard InChI is InChI=1S/C15H16F4N4O.2ClH/c1-8(21-13(24)10-6-15(18,19)7-20-10)12-22-9-4-2-3-5-11(9)23(12)14(16)17;;/h2-5,8,10,14,20H,6-7H2,1H3,(H,21,24);2*1H. The molecule has 1 aromatic carbocycles. The Hall–Kier alpha value is -1.58. The van der Waals surface area contributed by atoms with Crippen LogP contribution in [-0.4, -0.2) is 34.0 Å². The highest BCUT2D eigenvalue weighted by atomic mass is 35.5. The highest BCUT2D eigenvalue weighted by molar-refractivity contribution is 5.85. The minimum Gasteiger partial charge on any atom is -0.345 e. The van der Waals surface area contributed by atoms with Gasteiger partial charge in [-0.15, -0.1) is 24.8 Å². The zero-order chi connectivity index (χ0) is 17.5. The van der Waals surface area contributed by atoms with Crippen molar-refractivity contribution < 1.29 is 22.4 Å². The number of para-hydroxylation sites is 2. The van der Waals surface area contributed by atoms with Gasteiger partial charge in [0.05, 0.1) is 29.7 Å². The molecule has 0 aliphatic carbocycles. The second kappa shape index (κ2) is 8.41. The van der Waals surface area contributed by atoms with Crippen molar-refractivity contribution in [2.45, 2.75) is 37.9 Å². The number of carbonyl (C=O) groups is 1. The van der Waals surface area contributed by atoms with E-state index in [1.807, 2.05) is 0 Å². The fourth-order valence-corrected chi connectivity index (χ4v) is 2.85. The Morgan fingerprint density at radius 1 is 1.35 bits per heavy atom. The maximum Gasteiger partial charge on any atom is 0.320 e. The molecule has 1 aromatic heterocycles. The zero-order valence-electron chi connectivity index (χ0n) is 13.6. The van der Waals surface area contributed by atoms with Gasteiger partial charge in [-0.1, -0.05) is 12.1 Å². The largest absolute Gasteiger partial charge is 0.345 e. The number of halogens is 6. The van der Waals surface area contributed by atoms with Crippen LogP contribution in [-0.2, 0) is 4.79 Å². The van der Waals surface area contributed by atoms with E-state index in [0.29, 0.717) is 5.52 Å². The molecule has 0 saturated carbocycles. The molecule has 1 aliphatic rings. The topological polar surface area (TPSA) is 59.0 Å². The summed E-state index contributed by atoms with van der Waals surface area (Å²) in [5.74, 6) is -3.63. The molecule has 3 rings (SSSR count). The van der Waals surface area contributed by atoms with E-state index in [2.05, 4.69) is 15.6 Å². The van der Waals surface area contributed by atoms with Crippen LogP contribution in [0.4, 0.5) is 17.6 Å². The van der Waals surface area contributed by atoms with Gasteiger partial charge in [0.2, 0.25) is 5.91 Å². The third-order valence-corrected chi connectivity index (χ3v) is 3.99. The van der Waals surface area contributed by atoms with E-state index in [4.69, 9.17) is 0 Å². The van der Waals surface area contributed by atoms with Crippen LogP contribution in [0.25, 0.3) is 11.0 Å². The van der Waals surface area contributed by atoms with Gasteiger partial charge in [0.25, 0.3) is 5.92 Å². The molecule has 2 heterocycles. The molecule has 146 valence electrons. The summed E-state index contributed by atoms with van der Waals surface area (Å²) in [6, 6.07) is 4.47. The molecule has 1 amide bonds. The van der Waals surface area contributed by atoms with E-state index < -0.39 is 43.4 Å². The van der Waals surface area contributed by atoms with Crippen LogP contribution in [0.2, 0.25) is 0 Å². The summed E-state index contributed by atoms with van der Waals surface area (Å²) in [4.78, 5) is 16.2. The summed E-state index contributed by atoms with van der Waals surface area (Å²) >= 11 is 0. The Balaban J connectivity index is 0.00000169. The smallest absolute Gasteiger partial charge is 0.320 e. The van der Waals surface area contributed by atoms with Crippen molar-refractivity contribution in [3.63, 3.8) is 0 Å². The minimum atomic E-state index is -2.94. The summed E-state index contributed by atoms with van der Waals surface area (Å²) in [5, 5.41) is 4.91. The average Bonchev–Trinajstić information content (AvgIpc) is 3.07. The van der Waals surface area contributed by atoms with Crippen molar-refractivity contribution >= 4 is 41.8 Å². The summed E-state index contributed by atoms with van der Waals surface area (Å²) in [7, 11) is 0. The Kier molecular flexibility index (Phi) is 7.26. The molecule has 2 N–H and O–H groups in total. The van der Waals surface area contributed by atoms with Gasteiger partial charge in [0.1, 0.15) is 5.82 Å². The lowest BCUT2D eigenvalue weighted by Crippen LogP contribution is -2.42. The number of nitrogens with zero attached hydrogens (tertiary/aromatic N) is 2. The quantitative estimate of drug-likeness (QED) is 0.750. The molecule has 0 bridgehead atoms. The lowest BCUT2D eigenvalue weighted by Gasteiger charge is -2.18. The Labute approximate surface area is 159 Å². The van der Waals surface area contributed by atoms with Gasteiger partial charge in [-0.2, -0.15) is 8.78 Å². The third kappa shape index (κ3) is 4.39. The van der Waals surface area contributed by atoms with Crippen LogP contribution in [0.5, 0.6) is 0 Å². The SMILES string of the molecule is CC(NC(=O)C1CC(F)(F)CN1)c1nc2ccccc2n1C(F)F.Cl.Cl. The van der Waals surface area contributed by atoms with Gasteiger partial charge in [0, 0.05) is 6.42 Å². The maximum absolute atomic E-state index is 13.4. The molecule has 1 aliphatic heterocycles. The molecule has 2 atom stereocenters. The molecular formula is C15H18Cl2F4N4O. The Bertz CT molecular complexity index is 771. The van der Waals surface area contributed by atoms with Gasteiger partial charge in [-0.25, -0.2) is 13.8 Å². The van der Waals surface area contributed by atoms with Gasteiger partial charge in [-0.05, 0) is 19.1 Å². The van der Waals surface area contributed by atoms with Gasteiger partial charge >= 0.3 is 6.55 Å². The first-order valence-corrected chi connectivity index (χ1v) is 7.45. The van der Waals surface area contributed by atoms with Gasteiger partial charge in [0.15, 0.2) is 0 Å². The fourth-order valence-electron chi connectivity index (χ4n) is 2.85. The molecule has 2 unspecified atom stereocenters. The second-order valence-corrected chi connectivity index (χ2v) is 5.83. The summed E-state index contributed by atoms with van der Waals surface area (Å²) < 4.78 is 53.8. The predicted octanol–water partition coefficient (Wildman–Crippen LogP) is 3.45. The van der Waals surface area contributed by atoms with E-state index in [9.17, 15) is 22.4 Å². The molecular weight excluding hydrogens is 399 g/mol. The molecule has 1 fully saturated rings. The van der Waals surface area contributed by atoms with Crippen molar-refractivity contribution in [1.29, 1.82) is 0 Å². The lowest BCUT2D eigenvalue weighted by molar-refractivity contribution is -0.124. The normalized spacial score (nSPS) is 19.7. The van der Waals surface area contributed by atoms with Crippen molar-refractivity contribution in [1.82, 2.24) is 20.2 Å². The number of imidazole rings is 1. The van der Waals surface area contributed by atoms with Crippen LogP contribution >= 0.6 is 24.8 Å². The highest BCUT2D eigenvalue weighted by Crippen LogP contribution is 2.28. The monoisotopic (exact) mass is 416 g/mol. The number of benzene rings is 1. The molecule has 2 aromatic rings. The first kappa shape index (κ1) is 22.5. The van der Waals surface area contributed by atoms with Gasteiger partial charge in [-0.3, -0.25) is 14.7 Å². The number of fused-ring (bicyclic) bond motifs is 1. The number of amides is 1. The van der Waals surface area contributed by atoms with E-state index >= 15 is 0 Å². The fraction of sp³-hybridized carbons (Fsp3) is 0.467. The predicted molar refractivity (Wildman–Crippen MR) is 93.4 cm³/mol. The first-order valence-electron chi connectivity index (χ1n) is 7.45. The second-order valence-electron chi connectivity index (χ2n) is 5.83. The van der Waals surface area contributed by atoms with Crippen molar-refractivity contribution in [3.8, 4) is 0 Å². The van der Waals surface area contributed by atoms with Crippen LogP contribution in [0.3, 0.4) is 0 Å². The summed E-state index contributed by atoms with van der Waals surface area (Å²) in [6.45, 7) is -1.92. The third-order valence-electron chi connectivity index (χ3n) is 3.99. The van der Waals surface area contributed by atoms with Gasteiger partial charge < -0.3 is 5.32 Å². The summed E-state index contributed by atoms with van der Waals surface area (Å²) in [5.41, 5.74) is 0.619. The first-order chi connectivity index (χ1) is 11.3. The minimum absolute atomic E-state index is 0. The van der Waals surface area contributed by atoms with Crippen molar-refractivity contribution in [3.05, 3.63) is 30.1 Å².